The van der Waals surface area contributed by atoms with Gasteiger partial charge in [-0.05, 0) is 43.0 Å². The van der Waals surface area contributed by atoms with Crippen molar-refractivity contribution in [3.8, 4) is 0 Å². The van der Waals surface area contributed by atoms with Crippen molar-refractivity contribution in [2.45, 2.75) is 45.2 Å². The Kier molecular flexibility index (Phi) is 5.74. The first-order valence-corrected chi connectivity index (χ1v) is 8.19. The lowest BCUT2D eigenvalue weighted by Gasteiger charge is -2.35. The molecular weight excluding hydrogens is 291 g/mol. The number of benzene rings is 1. The molecule has 2 nitrogen and oxygen atoms in total. The molecule has 0 radical (unpaired) electrons. The SMILES string of the molecule is CC(C)CN1CCCCC(N)C1c1ccc(Cl)cc1Cl. The second-order valence-corrected chi connectivity index (χ2v) is 7.00. The third kappa shape index (κ3) is 3.88. The number of halogens is 2. The van der Waals surface area contributed by atoms with E-state index in [1.54, 1.807) is 0 Å². The summed E-state index contributed by atoms with van der Waals surface area (Å²) in [6.45, 7) is 6.64. The van der Waals surface area contributed by atoms with Gasteiger partial charge >= 0.3 is 0 Å². The van der Waals surface area contributed by atoms with Crippen LogP contribution in [0.3, 0.4) is 0 Å². The van der Waals surface area contributed by atoms with Gasteiger partial charge in [-0.15, -0.1) is 0 Å². The summed E-state index contributed by atoms with van der Waals surface area (Å²) in [6.07, 6.45) is 3.46. The molecule has 0 aromatic heterocycles. The van der Waals surface area contributed by atoms with E-state index in [0.29, 0.717) is 10.9 Å². The smallest absolute Gasteiger partial charge is 0.0514 e. The van der Waals surface area contributed by atoms with Crippen molar-refractivity contribution in [2.24, 2.45) is 11.7 Å². The van der Waals surface area contributed by atoms with Crippen LogP contribution in [0.5, 0.6) is 0 Å². The lowest BCUT2D eigenvalue weighted by atomic mass is 9.95. The molecule has 0 spiro atoms. The molecule has 1 aliphatic rings. The highest BCUT2D eigenvalue weighted by atomic mass is 35.5. The van der Waals surface area contributed by atoms with E-state index in [9.17, 15) is 0 Å². The van der Waals surface area contributed by atoms with Gasteiger partial charge < -0.3 is 5.73 Å². The molecule has 1 aromatic rings. The summed E-state index contributed by atoms with van der Waals surface area (Å²) in [5.41, 5.74) is 7.57. The summed E-state index contributed by atoms with van der Waals surface area (Å²) >= 11 is 12.4. The van der Waals surface area contributed by atoms with Gasteiger partial charge in [-0.2, -0.15) is 0 Å². The molecule has 1 fully saturated rings. The number of hydrogen-bond acceptors (Lipinski definition) is 2. The first kappa shape index (κ1) is 16.1. The van der Waals surface area contributed by atoms with Crippen LogP contribution in [0.2, 0.25) is 10.0 Å². The van der Waals surface area contributed by atoms with Crippen LogP contribution in [0.1, 0.15) is 44.7 Å². The number of hydrogen-bond donors (Lipinski definition) is 1. The Hall–Kier alpha value is -0.280. The summed E-state index contributed by atoms with van der Waals surface area (Å²) < 4.78 is 0. The molecule has 2 atom stereocenters. The third-order valence-corrected chi connectivity index (χ3v) is 4.47. The van der Waals surface area contributed by atoms with E-state index in [1.165, 1.54) is 12.8 Å². The molecule has 2 unspecified atom stereocenters. The highest BCUT2D eigenvalue weighted by molar-refractivity contribution is 6.35. The fourth-order valence-corrected chi connectivity index (χ4v) is 3.63. The monoisotopic (exact) mass is 314 g/mol. The summed E-state index contributed by atoms with van der Waals surface area (Å²) in [5, 5.41) is 1.41. The Labute approximate surface area is 132 Å². The molecule has 2 N–H and O–H groups in total. The van der Waals surface area contributed by atoms with Crippen LogP contribution >= 0.6 is 23.2 Å². The van der Waals surface area contributed by atoms with Crippen molar-refractivity contribution < 1.29 is 0 Å². The zero-order chi connectivity index (χ0) is 14.7. The molecule has 0 bridgehead atoms. The molecule has 4 heteroatoms. The van der Waals surface area contributed by atoms with Crippen LogP contribution in [0, 0.1) is 5.92 Å². The molecule has 1 aliphatic heterocycles. The van der Waals surface area contributed by atoms with Crippen molar-refractivity contribution in [3.63, 3.8) is 0 Å². The van der Waals surface area contributed by atoms with E-state index in [2.05, 4.69) is 18.7 Å². The first-order chi connectivity index (χ1) is 9.49. The minimum Gasteiger partial charge on any atom is -0.326 e. The third-order valence-electron chi connectivity index (χ3n) is 3.91. The highest BCUT2D eigenvalue weighted by Crippen LogP contribution is 2.35. The molecule has 0 aliphatic carbocycles. The quantitative estimate of drug-likeness (QED) is 0.889. The number of rotatable bonds is 3. The van der Waals surface area contributed by atoms with Crippen molar-refractivity contribution >= 4 is 23.2 Å². The number of likely N-dealkylation sites (tertiary alicyclic amines) is 1. The molecule has 112 valence electrons. The lowest BCUT2D eigenvalue weighted by Crippen LogP contribution is -2.41. The van der Waals surface area contributed by atoms with Crippen LogP contribution < -0.4 is 5.73 Å². The molecule has 1 aromatic carbocycles. The maximum atomic E-state index is 6.45. The van der Waals surface area contributed by atoms with E-state index in [4.69, 9.17) is 28.9 Å². The van der Waals surface area contributed by atoms with E-state index < -0.39 is 0 Å². The Morgan fingerprint density at radius 1 is 1.30 bits per heavy atom. The topological polar surface area (TPSA) is 29.3 Å². The lowest BCUT2D eigenvalue weighted by molar-refractivity contribution is 0.166. The summed E-state index contributed by atoms with van der Waals surface area (Å²) in [6, 6.07) is 6.10. The Morgan fingerprint density at radius 2 is 2.05 bits per heavy atom. The van der Waals surface area contributed by atoms with Crippen LogP contribution in [0.25, 0.3) is 0 Å². The van der Waals surface area contributed by atoms with Gasteiger partial charge in [0.25, 0.3) is 0 Å². The van der Waals surface area contributed by atoms with Crippen LogP contribution in [0.4, 0.5) is 0 Å². The van der Waals surface area contributed by atoms with Crippen LogP contribution in [-0.2, 0) is 0 Å². The Morgan fingerprint density at radius 3 is 2.70 bits per heavy atom. The van der Waals surface area contributed by atoms with Gasteiger partial charge in [0, 0.05) is 22.6 Å². The maximum Gasteiger partial charge on any atom is 0.0514 e. The second kappa shape index (κ2) is 7.13. The van der Waals surface area contributed by atoms with Gasteiger partial charge in [0.1, 0.15) is 0 Å². The molecule has 2 rings (SSSR count). The Balaban J connectivity index is 2.34. The molecule has 1 heterocycles. The van der Waals surface area contributed by atoms with E-state index in [1.807, 2.05) is 18.2 Å². The fraction of sp³-hybridized carbons (Fsp3) is 0.625. The molecule has 1 saturated heterocycles. The summed E-state index contributed by atoms with van der Waals surface area (Å²) in [4.78, 5) is 2.50. The molecule has 0 saturated carbocycles. The van der Waals surface area contributed by atoms with E-state index in [0.717, 1.165) is 30.1 Å². The van der Waals surface area contributed by atoms with E-state index in [-0.39, 0.29) is 12.1 Å². The number of nitrogens with two attached hydrogens (primary N) is 1. The molecule has 20 heavy (non-hydrogen) atoms. The van der Waals surface area contributed by atoms with Crippen molar-refractivity contribution in [1.29, 1.82) is 0 Å². The predicted molar refractivity (Wildman–Crippen MR) is 87.4 cm³/mol. The van der Waals surface area contributed by atoms with Crippen LogP contribution in [-0.4, -0.2) is 24.0 Å². The average molecular weight is 315 g/mol. The minimum absolute atomic E-state index is 0.134. The average Bonchev–Trinajstić information content (AvgIpc) is 2.52. The van der Waals surface area contributed by atoms with Gasteiger partial charge in [0.15, 0.2) is 0 Å². The zero-order valence-electron chi connectivity index (χ0n) is 12.3. The van der Waals surface area contributed by atoms with Gasteiger partial charge in [-0.3, -0.25) is 4.90 Å². The van der Waals surface area contributed by atoms with Gasteiger partial charge in [0.05, 0.1) is 6.04 Å². The van der Waals surface area contributed by atoms with Gasteiger partial charge in [-0.1, -0.05) is 49.5 Å². The molecular formula is C16H24Cl2N2. The standard InChI is InChI=1S/C16H24Cl2N2/c1-11(2)10-20-8-4-3-5-15(19)16(20)13-7-6-12(17)9-14(13)18/h6-7,9,11,15-16H,3-5,8,10,19H2,1-2H3. The van der Waals surface area contributed by atoms with Gasteiger partial charge in [-0.25, -0.2) is 0 Å². The minimum atomic E-state index is 0.134. The van der Waals surface area contributed by atoms with Crippen LogP contribution in [0.15, 0.2) is 18.2 Å². The maximum absolute atomic E-state index is 6.45. The second-order valence-electron chi connectivity index (χ2n) is 6.16. The molecule has 0 amide bonds. The van der Waals surface area contributed by atoms with Crippen molar-refractivity contribution in [3.05, 3.63) is 33.8 Å². The number of nitrogens with zero attached hydrogens (tertiary/aromatic N) is 1. The van der Waals surface area contributed by atoms with Crippen molar-refractivity contribution in [2.75, 3.05) is 13.1 Å². The largest absolute Gasteiger partial charge is 0.326 e. The summed E-state index contributed by atoms with van der Waals surface area (Å²) in [5.74, 6) is 0.619. The predicted octanol–water partition coefficient (Wildman–Crippen LogP) is 4.50. The zero-order valence-corrected chi connectivity index (χ0v) is 13.8. The highest BCUT2D eigenvalue weighted by Gasteiger charge is 2.30. The summed E-state index contributed by atoms with van der Waals surface area (Å²) in [7, 11) is 0. The van der Waals surface area contributed by atoms with E-state index >= 15 is 0 Å². The Bertz CT molecular complexity index is 448. The van der Waals surface area contributed by atoms with Crippen molar-refractivity contribution in [1.82, 2.24) is 4.90 Å². The normalized spacial score (nSPS) is 24.9. The first-order valence-electron chi connectivity index (χ1n) is 7.43. The van der Waals surface area contributed by atoms with Gasteiger partial charge in [0.2, 0.25) is 0 Å². The fourth-order valence-electron chi connectivity index (χ4n) is 3.11.